The fourth-order valence-corrected chi connectivity index (χ4v) is 4.41. The molecule has 1 aliphatic heterocycles. The highest BCUT2D eigenvalue weighted by Gasteiger charge is 2.27. The molecule has 0 spiro atoms. The van der Waals surface area contributed by atoms with Crippen LogP contribution in [0.15, 0.2) is 52.1 Å². The molecule has 1 amide bonds. The molecule has 0 aliphatic carbocycles. The summed E-state index contributed by atoms with van der Waals surface area (Å²) in [7, 11) is -1.54. The maximum absolute atomic E-state index is 12.7. The number of halogens is 1. The number of nitrogens with zero attached hydrogens (tertiary/aromatic N) is 3. The third-order valence-corrected chi connectivity index (χ3v) is 6.53. The second-order valence-electron chi connectivity index (χ2n) is 6.08. The first kappa shape index (κ1) is 19.0. The van der Waals surface area contributed by atoms with Gasteiger partial charge in [-0.1, -0.05) is 0 Å². The lowest BCUT2D eigenvalue weighted by atomic mass is 10.2. The Kier molecular flexibility index (Phi) is 5.71. The topological polar surface area (TPSA) is 82.6 Å². The van der Waals surface area contributed by atoms with Crippen molar-refractivity contribution in [3.8, 4) is 0 Å². The van der Waals surface area contributed by atoms with Crippen molar-refractivity contribution in [3.63, 3.8) is 0 Å². The van der Waals surface area contributed by atoms with E-state index < -0.39 is 10.0 Å². The van der Waals surface area contributed by atoms with Gasteiger partial charge in [0.1, 0.15) is 0 Å². The van der Waals surface area contributed by atoms with Crippen molar-refractivity contribution in [3.05, 3.63) is 52.8 Å². The first-order valence-corrected chi connectivity index (χ1v) is 10.3. The summed E-state index contributed by atoms with van der Waals surface area (Å²) in [6.45, 7) is 2.39. The Morgan fingerprint density at radius 1 is 1.12 bits per heavy atom. The smallest absolute Gasteiger partial charge is 0.257 e. The van der Waals surface area contributed by atoms with E-state index in [4.69, 9.17) is 0 Å². The Balaban J connectivity index is 1.71. The molecule has 1 aromatic carbocycles. The summed E-state index contributed by atoms with van der Waals surface area (Å²) in [5.74, 6) is -0.312. The minimum Gasteiger partial charge on any atom is -0.322 e. The van der Waals surface area contributed by atoms with Gasteiger partial charge in [-0.3, -0.25) is 9.78 Å². The van der Waals surface area contributed by atoms with Gasteiger partial charge in [0.05, 0.1) is 10.5 Å². The predicted octanol–water partition coefficient (Wildman–Crippen LogP) is 2.03. The Morgan fingerprint density at radius 2 is 1.77 bits per heavy atom. The second-order valence-corrected chi connectivity index (χ2v) is 8.93. The summed E-state index contributed by atoms with van der Waals surface area (Å²) >= 11 is 3.27. The summed E-state index contributed by atoms with van der Waals surface area (Å²) in [5.41, 5.74) is 0.931. The van der Waals surface area contributed by atoms with Crippen LogP contribution < -0.4 is 5.32 Å². The van der Waals surface area contributed by atoms with Crippen LogP contribution in [0.4, 0.5) is 5.69 Å². The fourth-order valence-electron chi connectivity index (χ4n) is 2.63. The molecule has 0 atom stereocenters. The van der Waals surface area contributed by atoms with E-state index in [-0.39, 0.29) is 10.8 Å². The molecule has 1 N–H and O–H groups in total. The van der Waals surface area contributed by atoms with Crippen LogP contribution in [0.3, 0.4) is 0 Å². The molecule has 0 bridgehead atoms. The van der Waals surface area contributed by atoms with Gasteiger partial charge in [-0.2, -0.15) is 4.31 Å². The van der Waals surface area contributed by atoms with E-state index in [2.05, 4.69) is 31.1 Å². The molecule has 1 fully saturated rings. The van der Waals surface area contributed by atoms with Gasteiger partial charge in [0, 0.05) is 48.7 Å². The largest absolute Gasteiger partial charge is 0.322 e. The van der Waals surface area contributed by atoms with Crippen molar-refractivity contribution < 1.29 is 13.2 Å². The Morgan fingerprint density at radius 3 is 2.38 bits per heavy atom. The number of pyridine rings is 1. The number of nitrogens with one attached hydrogen (secondary N) is 1. The second kappa shape index (κ2) is 7.83. The standard InChI is InChI=1S/C17H19BrN4O3S/c1-21-6-8-22(9-7-21)26(24,25)16-4-2-15(3-5-16)20-17(23)13-10-14(18)12-19-11-13/h2-5,10-12H,6-9H2,1H3,(H,20,23). The van der Waals surface area contributed by atoms with Crippen molar-refractivity contribution in [2.75, 3.05) is 38.5 Å². The summed E-state index contributed by atoms with van der Waals surface area (Å²) in [6.07, 6.45) is 3.06. The molecule has 1 saturated heterocycles. The number of rotatable bonds is 4. The zero-order valence-corrected chi connectivity index (χ0v) is 16.6. The van der Waals surface area contributed by atoms with Crippen LogP contribution in [0.2, 0.25) is 0 Å². The van der Waals surface area contributed by atoms with Crippen LogP contribution in [0.25, 0.3) is 0 Å². The SMILES string of the molecule is CN1CCN(S(=O)(=O)c2ccc(NC(=O)c3cncc(Br)c3)cc2)CC1. The summed E-state index contributed by atoms with van der Waals surface area (Å²) < 4.78 is 27.6. The Labute approximate surface area is 161 Å². The van der Waals surface area contributed by atoms with E-state index in [1.807, 2.05) is 7.05 Å². The zero-order chi connectivity index (χ0) is 18.7. The van der Waals surface area contributed by atoms with Crippen molar-refractivity contribution in [1.82, 2.24) is 14.2 Å². The Bertz CT molecular complexity index is 894. The molecule has 2 aromatic rings. The van der Waals surface area contributed by atoms with Gasteiger partial charge in [-0.15, -0.1) is 0 Å². The van der Waals surface area contributed by atoms with Crippen LogP contribution in [0, 0.1) is 0 Å². The monoisotopic (exact) mass is 438 g/mol. The number of carbonyl (C=O) groups is 1. The number of hydrogen-bond donors (Lipinski definition) is 1. The first-order valence-electron chi connectivity index (χ1n) is 8.07. The van der Waals surface area contributed by atoms with E-state index in [1.54, 1.807) is 24.4 Å². The molecule has 9 heteroatoms. The molecule has 3 rings (SSSR count). The minimum absolute atomic E-state index is 0.226. The molecule has 1 aliphatic rings. The lowest BCUT2D eigenvalue weighted by molar-refractivity contribution is 0.102. The van der Waals surface area contributed by atoms with Crippen molar-refractivity contribution in [2.24, 2.45) is 0 Å². The Hall–Kier alpha value is -1.81. The molecule has 0 radical (unpaired) electrons. The van der Waals surface area contributed by atoms with E-state index in [0.717, 1.165) is 0 Å². The molecule has 7 nitrogen and oxygen atoms in total. The van der Waals surface area contributed by atoms with Gasteiger partial charge in [0.25, 0.3) is 5.91 Å². The van der Waals surface area contributed by atoms with E-state index in [1.165, 1.54) is 22.6 Å². The van der Waals surface area contributed by atoms with Gasteiger partial charge >= 0.3 is 0 Å². The minimum atomic E-state index is -3.51. The lowest BCUT2D eigenvalue weighted by Gasteiger charge is -2.31. The van der Waals surface area contributed by atoms with Crippen molar-refractivity contribution in [1.29, 1.82) is 0 Å². The molecule has 0 unspecified atom stereocenters. The highest BCUT2D eigenvalue weighted by atomic mass is 79.9. The number of benzene rings is 1. The molecule has 2 heterocycles. The quantitative estimate of drug-likeness (QED) is 0.789. The number of piperazine rings is 1. The summed E-state index contributed by atoms with van der Waals surface area (Å²) in [4.78, 5) is 18.5. The first-order chi connectivity index (χ1) is 12.4. The summed E-state index contributed by atoms with van der Waals surface area (Å²) in [6, 6.07) is 7.87. The maximum atomic E-state index is 12.7. The van der Waals surface area contributed by atoms with E-state index >= 15 is 0 Å². The van der Waals surface area contributed by atoms with Crippen LogP contribution in [-0.4, -0.2) is 61.7 Å². The van der Waals surface area contributed by atoms with Crippen LogP contribution in [-0.2, 0) is 10.0 Å². The van der Waals surface area contributed by atoms with Crippen LogP contribution >= 0.6 is 15.9 Å². The number of likely N-dealkylation sites (N-methyl/N-ethyl adjacent to an activating group) is 1. The highest BCUT2D eigenvalue weighted by Crippen LogP contribution is 2.20. The number of sulfonamides is 1. The number of carbonyl (C=O) groups excluding carboxylic acids is 1. The highest BCUT2D eigenvalue weighted by molar-refractivity contribution is 9.10. The van der Waals surface area contributed by atoms with Gasteiger partial charge in [-0.25, -0.2) is 8.42 Å². The normalized spacial score (nSPS) is 16.4. The van der Waals surface area contributed by atoms with E-state index in [0.29, 0.717) is 41.9 Å². The number of hydrogen-bond acceptors (Lipinski definition) is 5. The number of aromatic nitrogens is 1. The summed E-state index contributed by atoms with van der Waals surface area (Å²) in [5, 5.41) is 2.73. The average Bonchev–Trinajstić information content (AvgIpc) is 2.62. The van der Waals surface area contributed by atoms with Gasteiger partial charge < -0.3 is 10.2 Å². The molecule has 26 heavy (non-hydrogen) atoms. The molecule has 1 aromatic heterocycles. The van der Waals surface area contributed by atoms with Crippen LogP contribution in [0.5, 0.6) is 0 Å². The van der Waals surface area contributed by atoms with Gasteiger partial charge in [0.2, 0.25) is 10.0 Å². The van der Waals surface area contributed by atoms with Gasteiger partial charge in [-0.05, 0) is 53.3 Å². The van der Waals surface area contributed by atoms with Gasteiger partial charge in [0.15, 0.2) is 0 Å². The number of amides is 1. The maximum Gasteiger partial charge on any atom is 0.257 e. The third-order valence-electron chi connectivity index (χ3n) is 4.18. The average molecular weight is 439 g/mol. The lowest BCUT2D eigenvalue weighted by Crippen LogP contribution is -2.46. The molecule has 0 saturated carbocycles. The number of anilines is 1. The van der Waals surface area contributed by atoms with Crippen LogP contribution in [0.1, 0.15) is 10.4 Å². The molecular weight excluding hydrogens is 420 g/mol. The fraction of sp³-hybridized carbons (Fsp3) is 0.294. The zero-order valence-electron chi connectivity index (χ0n) is 14.2. The third kappa shape index (κ3) is 4.29. The predicted molar refractivity (Wildman–Crippen MR) is 103 cm³/mol. The van der Waals surface area contributed by atoms with Crippen molar-refractivity contribution in [2.45, 2.75) is 4.90 Å². The van der Waals surface area contributed by atoms with E-state index in [9.17, 15) is 13.2 Å². The molecule has 138 valence electrons. The van der Waals surface area contributed by atoms with Crippen molar-refractivity contribution >= 4 is 37.5 Å². The molecular formula is C17H19BrN4O3S.